The van der Waals surface area contributed by atoms with Crippen molar-refractivity contribution in [3.05, 3.63) is 84.6 Å². The van der Waals surface area contributed by atoms with Crippen molar-refractivity contribution in [3.8, 4) is 17.3 Å². The maximum atomic E-state index is 10.6. The summed E-state index contributed by atoms with van der Waals surface area (Å²) < 4.78 is 8.39. The number of nitrogens with zero attached hydrogens (tertiary/aromatic N) is 3. The number of benzene rings is 2. The molecule has 1 aromatic heterocycles. The van der Waals surface area contributed by atoms with E-state index in [0.717, 1.165) is 60.3 Å². The second-order valence-electron chi connectivity index (χ2n) is 8.90. The van der Waals surface area contributed by atoms with Crippen molar-refractivity contribution in [1.29, 1.82) is 0 Å². The van der Waals surface area contributed by atoms with Crippen LogP contribution in [0.2, 0.25) is 0 Å². The summed E-state index contributed by atoms with van der Waals surface area (Å²) in [5.41, 5.74) is 3.11. The van der Waals surface area contributed by atoms with Gasteiger partial charge in [0, 0.05) is 19.6 Å². The van der Waals surface area contributed by atoms with Crippen LogP contribution in [0.3, 0.4) is 0 Å². The first kappa shape index (κ1) is 23.3. The Balaban J connectivity index is 1.68. The molecule has 4 rings (SSSR count). The fourth-order valence-electron chi connectivity index (χ4n) is 4.16. The van der Waals surface area contributed by atoms with E-state index in [1.165, 1.54) is 12.8 Å². The van der Waals surface area contributed by atoms with Gasteiger partial charge in [-0.15, -0.1) is 6.58 Å². The average molecular weight is 446 g/mol. The number of aliphatic hydroxyl groups excluding tert-OH is 1. The summed E-state index contributed by atoms with van der Waals surface area (Å²) >= 11 is 0. The predicted octanol–water partition coefficient (Wildman–Crippen LogP) is 5.77. The van der Waals surface area contributed by atoms with E-state index in [4.69, 9.17) is 9.84 Å². The molecule has 1 atom stereocenters. The van der Waals surface area contributed by atoms with Crippen LogP contribution in [0.4, 0.5) is 0 Å². The van der Waals surface area contributed by atoms with Gasteiger partial charge in [-0.05, 0) is 62.3 Å². The first-order valence-electron chi connectivity index (χ1n) is 12.1. The molecule has 1 fully saturated rings. The molecule has 0 spiro atoms. The summed E-state index contributed by atoms with van der Waals surface area (Å²) in [4.78, 5) is 2.38. The van der Waals surface area contributed by atoms with Crippen LogP contribution in [0.15, 0.2) is 73.3 Å². The van der Waals surface area contributed by atoms with E-state index in [1.807, 2.05) is 59.3 Å². The zero-order valence-electron chi connectivity index (χ0n) is 19.6. The molecule has 33 heavy (non-hydrogen) atoms. The first-order chi connectivity index (χ1) is 16.2. The van der Waals surface area contributed by atoms with E-state index in [9.17, 15) is 5.11 Å². The minimum atomic E-state index is -0.366. The van der Waals surface area contributed by atoms with Crippen LogP contribution >= 0.6 is 0 Å². The maximum absolute atomic E-state index is 10.6. The standard InChI is InChI=1S/C28H35N3O2/c1-3-5-14-24(32)20-30(19-22-17-18-22)21-26-27(4-2)29-31(23-12-8-6-9-13-23)28(26)33-25-15-10-7-11-16-25/h3,6-13,15-16,22,24,32H,1,4-5,14,17-21H2,2H3/t24-/m0/s1. The number of aryl methyl sites for hydroxylation is 1. The summed E-state index contributed by atoms with van der Waals surface area (Å²) in [5.74, 6) is 2.27. The Morgan fingerprint density at radius 3 is 2.48 bits per heavy atom. The minimum absolute atomic E-state index is 0.366. The van der Waals surface area contributed by atoms with Crippen molar-refractivity contribution in [2.75, 3.05) is 13.1 Å². The summed E-state index contributed by atoms with van der Waals surface area (Å²) in [5, 5.41) is 15.6. The summed E-state index contributed by atoms with van der Waals surface area (Å²) in [6.07, 6.45) is 6.44. The molecule has 5 nitrogen and oxygen atoms in total. The van der Waals surface area contributed by atoms with Crippen molar-refractivity contribution >= 4 is 0 Å². The Morgan fingerprint density at radius 2 is 1.85 bits per heavy atom. The number of rotatable bonds is 13. The van der Waals surface area contributed by atoms with Gasteiger partial charge in [0.2, 0.25) is 5.88 Å². The van der Waals surface area contributed by atoms with Crippen LogP contribution in [0.1, 0.15) is 43.9 Å². The van der Waals surface area contributed by atoms with Crippen LogP contribution in [-0.2, 0) is 13.0 Å². The third-order valence-corrected chi connectivity index (χ3v) is 6.08. The maximum Gasteiger partial charge on any atom is 0.227 e. The van der Waals surface area contributed by atoms with Crippen LogP contribution in [0.25, 0.3) is 5.69 Å². The highest BCUT2D eigenvalue weighted by atomic mass is 16.5. The molecule has 1 aliphatic carbocycles. The molecule has 1 N–H and O–H groups in total. The summed E-state index contributed by atoms with van der Waals surface area (Å²) in [7, 11) is 0. The smallest absolute Gasteiger partial charge is 0.227 e. The Hall–Kier alpha value is -2.89. The topological polar surface area (TPSA) is 50.5 Å². The molecule has 174 valence electrons. The number of hydrogen-bond acceptors (Lipinski definition) is 4. The van der Waals surface area contributed by atoms with Gasteiger partial charge in [-0.1, -0.05) is 49.4 Å². The number of para-hydroxylation sites is 2. The predicted molar refractivity (Wildman–Crippen MR) is 133 cm³/mol. The lowest BCUT2D eigenvalue weighted by Crippen LogP contribution is -2.34. The van der Waals surface area contributed by atoms with Crippen molar-refractivity contribution in [2.45, 2.75) is 51.7 Å². The second-order valence-corrected chi connectivity index (χ2v) is 8.90. The van der Waals surface area contributed by atoms with Gasteiger partial charge in [0.25, 0.3) is 0 Å². The van der Waals surface area contributed by atoms with Gasteiger partial charge in [-0.2, -0.15) is 5.10 Å². The molecule has 0 saturated heterocycles. The fourth-order valence-corrected chi connectivity index (χ4v) is 4.16. The molecule has 0 amide bonds. The van der Waals surface area contributed by atoms with E-state index in [0.29, 0.717) is 13.1 Å². The quantitative estimate of drug-likeness (QED) is 0.340. The number of aliphatic hydroxyl groups is 1. The van der Waals surface area contributed by atoms with Gasteiger partial charge in [0.05, 0.1) is 23.0 Å². The highest BCUT2D eigenvalue weighted by molar-refractivity contribution is 5.43. The Bertz CT molecular complexity index is 1010. The van der Waals surface area contributed by atoms with Crippen molar-refractivity contribution < 1.29 is 9.84 Å². The third kappa shape index (κ3) is 6.34. The number of ether oxygens (including phenoxy) is 1. The number of hydrogen-bond donors (Lipinski definition) is 1. The largest absolute Gasteiger partial charge is 0.439 e. The van der Waals surface area contributed by atoms with Gasteiger partial charge in [-0.3, -0.25) is 4.90 Å². The zero-order valence-corrected chi connectivity index (χ0v) is 19.6. The first-order valence-corrected chi connectivity index (χ1v) is 12.1. The highest BCUT2D eigenvalue weighted by Crippen LogP contribution is 2.34. The highest BCUT2D eigenvalue weighted by Gasteiger charge is 2.28. The average Bonchev–Trinajstić information content (AvgIpc) is 3.60. The molecule has 0 bridgehead atoms. The van der Waals surface area contributed by atoms with Crippen molar-refractivity contribution in [2.24, 2.45) is 5.92 Å². The Labute approximate surface area is 197 Å². The molecular formula is C28H35N3O2. The molecule has 3 aromatic rings. The lowest BCUT2D eigenvalue weighted by molar-refractivity contribution is 0.0990. The van der Waals surface area contributed by atoms with Crippen LogP contribution in [0, 0.1) is 5.92 Å². The van der Waals surface area contributed by atoms with Crippen LogP contribution < -0.4 is 4.74 Å². The summed E-state index contributed by atoms with van der Waals surface area (Å²) in [6, 6.07) is 20.0. The van der Waals surface area contributed by atoms with Crippen molar-refractivity contribution in [1.82, 2.24) is 14.7 Å². The molecule has 1 heterocycles. The van der Waals surface area contributed by atoms with Gasteiger partial charge in [0.15, 0.2) is 0 Å². The fraction of sp³-hybridized carbons (Fsp3) is 0.393. The monoisotopic (exact) mass is 445 g/mol. The van der Waals surface area contributed by atoms with E-state index >= 15 is 0 Å². The number of aromatic nitrogens is 2. The lowest BCUT2D eigenvalue weighted by Gasteiger charge is -2.25. The Morgan fingerprint density at radius 1 is 1.15 bits per heavy atom. The lowest BCUT2D eigenvalue weighted by atomic mass is 10.1. The molecule has 0 radical (unpaired) electrons. The van der Waals surface area contributed by atoms with Crippen molar-refractivity contribution in [3.63, 3.8) is 0 Å². The third-order valence-electron chi connectivity index (χ3n) is 6.08. The van der Waals surface area contributed by atoms with Gasteiger partial charge in [0.1, 0.15) is 5.75 Å². The zero-order chi connectivity index (χ0) is 23.0. The van der Waals surface area contributed by atoms with Gasteiger partial charge >= 0.3 is 0 Å². The molecule has 5 heteroatoms. The molecular weight excluding hydrogens is 410 g/mol. The second kappa shape index (κ2) is 11.3. The minimum Gasteiger partial charge on any atom is -0.439 e. The van der Waals surface area contributed by atoms with E-state index in [1.54, 1.807) is 0 Å². The normalized spacial score (nSPS) is 14.4. The summed E-state index contributed by atoms with van der Waals surface area (Å²) in [6.45, 7) is 8.28. The van der Waals surface area contributed by atoms with E-state index in [-0.39, 0.29) is 6.10 Å². The van der Waals surface area contributed by atoms with Crippen LogP contribution in [0.5, 0.6) is 11.6 Å². The number of allylic oxidation sites excluding steroid dienone is 1. The van der Waals surface area contributed by atoms with E-state index in [2.05, 4.69) is 30.5 Å². The Kier molecular flexibility index (Phi) is 7.97. The van der Waals surface area contributed by atoms with Gasteiger partial charge in [-0.25, -0.2) is 4.68 Å². The van der Waals surface area contributed by atoms with E-state index < -0.39 is 0 Å². The van der Waals surface area contributed by atoms with Gasteiger partial charge < -0.3 is 9.84 Å². The molecule has 1 saturated carbocycles. The molecule has 1 aliphatic rings. The molecule has 2 aromatic carbocycles. The molecule has 0 aliphatic heterocycles. The molecule has 0 unspecified atom stereocenters. The van der Waals surface area contributed by atoms with Crippen LogP contribution in [-0.4, -0.2) is 39.0 Å². The SMILES string of the molecule is C=CCC[C@H](O)CN(Cc1c(CC)nn(-c2ccccc2)c1Oc1ccccc1)CC1CC1.